The number of rotatable bonds is 2. The van der Waals surface area contributed by atoms with Gasteiger partial charge in [0, 0.05) is 6.20 Å². The Morgan fingerprint density at radius 2 is 1.68 bits per heavy atom. The molecule has 19 heavy (non-hydrogen) atoms. The van der Waals surface area contributed by atoms with Crippen LogP contribution in [0.15, 0.2) is 60.8 Å². The molecule has 92 valence electrons. The van der Waals surface area contributed by atoms with Crippen LogP contribution in [0.2, 0.25) is 0 Å². The fourth-order valence-corrected chi connectivity index (χ4v) is 2.15. The van der Waals surface area contributed by atoms with Gasteiger partial charge in [0.2, 0.25) is 0 Å². The van der Waals surface area contributed by atoms with Crippen molar-refractivity contribution >= 4 is 22.9 Å². The van der Waals surface area contributed by atoms with Gasteiger partial charge in [-0.15, -0.1) is 0 Å². The molecule has 0 fully saturated rings. The number of hydrogen-bond acceptors (Lipinski definition) is 1. The number of fused-ring (bicyclic) bond motifs is 1. The van der Waals surface area contributed by atoms with E-state index in [1.54, 1.807) is 0 Å². The van der Waals surface area contributed by atoms with Gasteiger partial charge in [-0.25, -0.2) is 0 Å². The van der Waals surface area contributed by atoms with Gasteiger partial charge in [0.1, 0.15) is 0 Å². The first kappa shape index (κ1) is 11.7. The van der Waals surface area contributed by atoms with Crippen molar-refractivity contribution in [3.8, 4) is 0 Å². The third kappa shape index (κ3) is 2.55. The highest BCUT2D eigenvalue weighted by atomic mass is 14.7. The molecule has 0 aliphatic carbocycles. The average Bonchev–Trinajstić information content (AvgIpc) is 2.47. The second kappa shape index (κ2) is 5.07. The second-order valence-electron chi connectivity index (χ2n) is 4.66. The van der Waals surface area contributed by atoms with Crippen LogP contribution in [-0.2, 0) is 0 Å². The third-order valence-electron chi connectivity index (χ3n) is 3.19. The lowest BCUT2D eigenvalue weighted by molar-refractivity contribution is 1.25. The molecule has 0 unspecified atom stereocenters. The molecule has 0 bridgehead atoms. The van der Waals surface area contributed by atoms with Crippen LogP contribution in [0.3, 0.4) is 0 Å². The molecule has 3 rings (SSSR count). The van der Waals surface area contributed by atoms with Crippen molar-refractivity contribution in [1.82, 2.24) is 4.98 Å². The molecule has 0 atom stereocenters. The molecule has 0 radical (unpaired) electrons. The van der Waals surface area contributed by atoms with E-state index in [4.69, 9.17) is 0 Å². The maximum atomic E-state index is 4.39. The van der Waals surface area contributed by atoms with Gasteiger partial charge in [0.15, 0.2) is 0 Å². The number of pyridine rings is 1. The van der Waals surface area contributed by atoms with E-state index < -0.39 is 0 Å². The van der Waals surface area contributed by atoms with Crippen molar-refractivity contribution in [1.29, 1.82) is 0 Å². The Morgan fingerprint density at radius 1 is 0.842 bits per heavy atom. The molecule has 3 aromatic rings. The van der Waals surface area contributed by atoms with E-state index in [0.717, 1.165) is 5.69 Å². The average molecular weight is 245 g/mol. The van der Waals surface area contributed by atoms with E-state index in [1.165, 1.54) is 21.9 Å². The SMILES string of the molecule is Cc1ccc(C=Cc2cccc3ccccc23)nc1. The summed E-state index contributed by atoms with van der Waals surface area (Å²) in [5.41, 5.74) is 3.39. The summed E-state index contributed by atoms with van der Waals surface area (Å²) >= 11 is 0. The van der Waals surface area contributed by atoms with Gasteiger partial charge in [0.25, 0.3) is 0 Å². The summed E-state index contributed by atoms with van der Waals surface area (Å²) < 4.78 is 0. The normalized spacial score (nSPS) is 11.2. The zero-order valence-corrected chi connectivity index (χ0v) is 10.9. The summed E-state index contributed by atoms with van der Waals surface area (Å²) in [7, 11) is 0. The van der Waals surface area contributed by atoms with Crippen LogP contribution in [0.1, 0.15) is 16.8 Å². The Bertz CT molecular complexity index is 719. The van der Waals surface area contributed by atoms with E-state index in [9.17, 15) is 0 Å². The Kier molecular flexibility index (Phi) is 3.11. The number of hydrogen-bond donors (Lipinski definition) is 0. The predicted molar refractivity (Wildman–Crippen MR) is 81.9 cm³/mol. The topological polar surface area (TPSA) is 12.9 Å². The first-order valence-corrected chi connectivity index (χ1v) is 6.41. The number of nitrogens with zero attached hydrogens (tertiary/aromatic N) is 1. The van der Waals surface area contributed by atoms with Gasteiger partial charge in [-0.1, -0.05) is 54.6 Å². The summed E-state index contributed by atoms with van der Waals surface area (Å²) in [6.45, 7) is 2.05. The van der Waals surface area contributed by atoms with E-state index >= 15 is 0 Å². The van der Waals surface area contributed by atoms with E-state index in [0.29, 0.717) is 0 Å². The van der Waals surface area contributed by atoms with Crippen molar-refractivity contribution in [2.45, 2.75) is 6.92 Å². The molecular formula is C18H15N. The van der Waals surface area contributed by atoms with Gasteiger partial charge in [0.05, 0.1) is 5.69 Å². The molecule has 0 N–H and O–H groups in total. The Hall–Kier alpha value is -2.41. The third-order valence-corrected chi connectivity index (χ3v) is 3.19. The molecule has 1 heterocycles. The van der Waals surface area contributed by atoms with Crippen molar-refractivity contribution < 1.29 is 0 Å². The minimum atomic E-state index is 0.985. The van der Waals surface area contributed by atoms with Crippen molar-refractivity contribution in [3.63, 3.8) is 0 Å². The van der Waals surface area contributed by atoms with Crippen LogP contribution in [0.25, 0.3) is 22.9 Å². The largest absolute Gasteiger partial charge is 0.257 e. The predicted octanol–water partition coefficient (Wildman–Crippen LogP) is 4.71. The van der Waals surface area contributed by atoms with Gasteiger partial charge < -0.3 is 0 Å². The fourth-order valence-electron chi connectivity index (χ4n) is 2.15. The molecule has 1 aromatic heterocycles. The Labute approximate surface area is 113 Å². The first-order chi connectivity index (χ1) is 9.33. The molecule has 1 nitrogen and oxygen atoms in total. The van der Waals surface area contributed by atoms with Gasteiger partial charge in [-0.05, 0) is 41.0 Å². The second-order valence-corrected chi connectivity index (χ2v) is 4.66. The van der Waals surface area contributed by atoms with Gasteiger partial charge >= 0.3 is 0 Å². The molecule has 0 saturated heterocycles. The molecule has 0 spiro atoms. The van der Waals surface area contributed by atoms with Crippen LogP contribution in [0, 0.1) is 6.92 Å². The quantitative estimate of drug-likeness (QED) is 0.637. The molecular weight excluding hydrogens is 230 g/mol. The molecule has 0 aliphatic heterocycles. The minimum absolute atomic E-state index is 0.985. The highest BCUT2D eigenvalue weighted by Crippen LogP contribution is 2.20. The lowest BCUT2D eigenvalue weighted by Crippen LogP contribution is -1.81. The van der Waals surface area contributed by atoms with Crippen LogP contribution in [0.5, 0.6) is 0 Å². The first-order valence-electron chi connectivity index (χ1n) is 6.41. The molecule has 2 aromatic carbocycles. The number of benzene rings is 2. The zero-order valence-electron chi connectivity index (χ0n) is 10.9. The molecule has 0 aliphatic rings. The fraction of sp³-hybridized carbons (Fsp3) is 0.0556. The van der Waals surface area contributed by atoms with E-state index in [1.807, 2.05) is 19.2 Å². The molecule has 1 heteroatoms. The minimum Gasteiger partial charge on any atom is -0.257 e. The lowest BCUT2D eigenvalue weighted by Gasteiger charge is -2.01. The summed E-state index contributed by atoms with van der Waals surface area (Å²) in [6.07, 6.45) is 6.07. The summed E-state index contributed by atoms with van der Waals surface area (Å²) in [6, 6.07) is 18.9. The van der Waals surface area contributed by atoms with Crippen LogP contribution in [-0.4, -0.2) is 4.98 Å². The van der Waals surface area contributed by atoms with Crippen LogP contribution >= 0.6 is 0 Å². The molecule has 0 amide bonds. The standard InChI is InChI=1S/C18H15N/c1-14-9-11-17(19-13-14)12-10-16-7-4-6-15-5-2-3-8-18(15)16/h2-13H,1H3. The highest BCUT2D eigenvalue weighted by Gasteiger charge is 1.96. The van der Waals surface area contributed by atoms with Crippen molar-refractivity contribution in [3.05, 3.63) is 77.6 Å². The summed E-state index contributed by atoms with van der Waals surface area (Å²) in [5, 5.41) is 2.54. The van der Waals surface area contributed by atoms with Crippen molar-refractivity contribution in [2.75, 3.05) is 0 Å². The summed E-state index contributed by atoms with van der Waals surface area (Å²) in [5.74, 6) is 0. The zero-order chi connectivity index (χ0) is 13.1. The smallest absolute Gasteiger partial charge is 0.0630 e. The van der Waals surface area contributed by atoms with Gasteiger partial charge in [-0.3, -0.25) is 4.98 Å². The van der Waals surface area contributed by atoms with E-state index in [2.05, 4.69) is 65.7 Å². The monoisotopic (exact) mass is 245 g/mol. The summed E-state index contributed by atoms with van der Waals surface area (Å²) in [4.78, 5) is 4.39. The maximum absolute atomic E-state index is 4.39. The van der Waals surface area contributed by atoms with E-state index in [-0.39, 0.29) is 0 Å². The Morgan fingerprint density at radius 3 is 2.53 bits per heavy atom. The molecule has 0 saturated carbocycles. The van der Waals surface area contributed by atoms with Crippen LogP contribution in [0.4, 0.5) is 0 Å². The maximum Gasteiger partial charge on any atom is 0.0630 e. The van der Waals surface area contributed by atoms with Crippen LogP contribution < -0.4 is 0 Å². The Balaban J connectivity index is 1.99. The number of aryl methyl sites for hydroxylation is 1. The number of aromatic nitrogens is 1. The van der Waals surface area contributed by atoms with Gasteiger partial charge in [-0.2, -0.15) is 0 Å². The lowest BCUT2D eigenvalue weighted by atomic mass is 10.0. The highest BCUT2D eigenvalue weighted by molar-refractivity contribution is 5.92. The van der Waals surface area contributed by atoms with Crippen molar-refractivity contribution in [2.24, 2.45) is 0 Å².